The fourth-order valence-electron chi connectivity index (χ4n) is 2.94. The first kappa shape index (κ1) is 18.1. The normalized spacial score (nSPS) is 14.5. The number of carbonyl (C=O) groups is 2. The van der Waals surface area contributed by atoms with Crippen molar-refractivity contribution in [1.82, 2.24) is 10.3 Å². The van der Waals surface area contributed by atoms with Crippen LogP contribution in [0.5, 0.6) is 0 Å². The van der Waals surface area contributed by atoms with Gasteiger partial charge >= 0.3 is 5.97 Å². The van der Waals surface area contributed by atoms with Gasteiger partial charge in [0.05, 0.1) is 16.8 Å². The molecule has 0 bridgehead atoms. The molecule has 0 aliphatic heterocycles. The Kier molecular flexibility index (Phi) is 4.77. The molecule has 2 aromatic carbocycles. The average Bonchev–Trinajstić information content (AvgIpc) is 3.51. The fourth-order valence-corrected chi connectivity index (χ4v) is 2.94. The number of nitrogens with one attached hydrogen (secondary N) is 1. The maximum absolute atomic E-state index is 13.2. The monoisotopic (exact) mass is 378 g/mol. The van der Waals surface area contributed by atoms with E-state index in [4.69, 9.17) is 4.74 Å². The maximum atomic E-state index is 13.2. The molecule has 1 aromatic heterocycles. The van der Waals surface area contributed by atoms with Crippen molar-refractivity contribution in [2.45, 2.75) is 31.9 Å². The molecule has 1 N–H and O–H groups in total. The van der Waals surface area contributed by atoms with Gasteiger partial charge in [0.25, 0.3) is 5.91 Å². The van der Waals surface area contributed by atoms with E-state index >= 15 is 0 Å². The molecule has 5 nitrogen and oxygen atoms in total. The number of para-hydroxylation sites is 1. The van der Waals surface area contributed by atoms with E-state index in [-0.39, 0.29) is 17.8 Å². The van der Waals surface area contributed by atoms with Crippen molar-refractivity contribution in [2.75, 3.05) is 0 Å². The van der Waals surface area contributed by atoms with Crippen molar-refractivity contribution in [3.8, 4) is 11.3 Å². The number of benzene rings is 2. The minimum Gasteiger partial charge on any atom is -0.449 e. The molecular formula is C22H19FN2O3. The predicted octanol–water partition coefficient (Wildman–Crippen LogP) is 3.86. The van der Waals surface area contributed by atoms with Crippen LogP contribution in [0.1, 0.15) is 30.1 Å². The van der Waals surface area contributed by atoms with E-state index < -0.39 is 12.1 Å². The van der Waals surface area contributed by atoms with E-state index in [1.165, 1.54) is 12.1 Å². The first-order valence-corrected chi connectivity index (χ1v) is 9.18. The summed E-state index contributed by atoms with van der Waals surface area (Å²) in [4.78, 5) is 29.5. The predicted molar refractivity (Wildman–Crippen MR) is 103 cm³/mol. The second kappa shape index (κ2) is 7.38. The lowest BCUT2D eigenvalue weighted by atomic mass is 10.0. The highest BCUT2D eigenvalue weighted by atomic mass is 19.1. The summed E-state index contributed by atoms with van der Waals surface area (Å²) in [6.07, 6.45) is 1.03. The van der Waals surface area contributed by atoms with Gasteiger partial charge in [-0.25, -0.2) is 14.2 Å². The molecule has 6 heteroatoms. The summed E-state index contributed by atoms with van der Waals surface area (Å²) in [5.74, 6) is -1.24. The topological polar surface area (TPSA) is 68.3 Å². The Balaban J connectivity index is 1.67. The zero-order valence-electron chi connectivity index (χ0n) is 15.3. The van der Waals surface area contributed by atoms with Crippen LogP contribution in [0, 0.1) is 5.82 Å². The third kappa shape index (κ3) is 3.86. The number of ether oxygens (including phenoxy) is 1. The summed E-state index contributed by atoms with van der Waals surface area (Å²) in [5, 5.41) is 3.46. The van der Waals surface area contributed by atoms with E-state index in [9.17, 15) is 14.0 Å². The second-order valence-corrected chi connectivity index (χ2v) is 6.91. The van der Waals surface area contributed by atoms with Gasteiger partial charge in [-0.15, -0.1) is 0 Å². The SMILES string of the molecule is C[C@H](OC(=O)c1cc(-c2ccc(F)cc2)nc2ccccc12)C(=O)NC1CC1. The van der Waals surface area contributed by atoms with Crippen LogP contribution in [0.2, 0.25) is 0 Å². The summed E-state index contributed by atoms with van der Waals surface area (Å²) in [5.41, 5.74) is 2.14. The molecule has 1 amide bonds. The van der Waals surface area contributed by atoms with Gasteiger partial charge < -0.3 is 10.1 Å². The zero-order chi connectivity index (χ0) is 19.7. The van der Waals surface area contributed by atoms with Gasteiger partial charge in [0, 0.05) is 17.0 Å². The number of nitrogens with zero attached hydrogens (tertiary/aromatic N) is 1. The van der Waals surface area contributed by atoms with Crippen LogP contribution in [-0.2, 0) is 9.53 Å². The van der Waals surface area contributed by atoms with E-state index in [2.05, 4.69) is 10.3 Å². The Hall–Kier alpha value is -3.28. The van der Waals surface area contributed by atoms with E-state index in [1.807, 2.05) is 12.1 Å². The molecule has 1 heterocycles. The molecule has 3 aromatic rings. The number of halogens is 1. The lowest BCUT2D eigenvalue weighted by molar-refractivity contribution is -0.129. The summed E-state index contributed by atoms with van der Waals surface area (Å²) >= 11 is 0. The molecule has 1 atom stereocenters. The largest absolute Gasteiger partial charge is 0.449 e. The van der Waals surface area contributed by atoms with Crippen LogP contribution in [0.25, 0.3) is 22.2 Å². The lowest BCUT2D eigenvalue weighted by Gasteiger charge is -2.15. The number of rotatable bonds is 5. The smallest absolute Gasteiger partial charge is 0.339 e. The van der Waals surface area contributed by atoms with Crippen LogP contribution in [-0.4, -0.2) is 29.0 Å². The third-order valence-corrected chi connectivity index (χ3v) is 4.65. The molecule has 1 aliphatic rings. The fraction of sp³-hybridized carbons (Fsp3) is 0.227. The van der Waals surface area contributed by atoms with E-state index in [0.717, 1.165) is 12.8 Å². The quantitative estimate of drug-likeness (QED) is 0.685. The Morgan fingerprint density at radius 1 is 1.14 bits per heavy atom. The van der Waals surface area contributed by atoms with Gasteiger partial charge in [-0.1, -0.05) is 18.2 Å². The standard InChI is InChI=1S/C22H19FN2O3/c1-13(21(26)24-16-10-11-16)28-22(27)18-12-20(14-6-8-15(23)9-7-14)25-19-5-3-2-4-17(18)19/h2-9,12-13,16H,10-11H2,1H3,(H,24,26)/t13-/m0/s1. The van der Waals surface area contributed by atoms with E-state index in [1.54, 1.807) is 37.3 Å². The highest BCUT2D eigenvalue weighted by molar-refractivity contribution is 6.05. The van der Waals surface area contributed by atoms with Crippen LogP contribution >= 0.6 is 0 Å². The van der Waals surface area contributed by atoms with Gasteiger partial charge in [-0.3, -0.25) is 4.79 Å². The van der Waals surface area contributed by atoms with E-state index in [0.29, 0.717) is 27.7 Å². The van der Waals surface area contributed by atoms with Crippen molar-refractivity contribution in [2.24, 2.45) is 0 Å². The van der Waals surface area contributed by atoms with Crippen molar-refractivity contribution >= 4 is 22.8 Å². The molecule has 28 heavy (non-hydrogen) atoms. The molecule has 0 unspecified atom stereocenters. The Morgan fingerprint density at radius 2 is 1.86 bits per heavy atom. The Morgan fingerprint density at radius 3 is 2.57 bits per heavy atom. The summed E-state index contributed by atoms with van der Waals surface area (Å²) < 4.78 is 18.7. The molecule has 0 radical (unpaired) electrons. The van der Waals surface area contributed by atoms with Crippen LogP contribution < -0.4 is 5.32 Å². The third-order valence-electron chi connectivity index (χ3n) is 4.65. The minimum absolute atomic E-state index is 0.195. The molecule has 142 valence electrons. The number of hydrogen-bond donors (Lipinski definition) is 1. The number of fused-ring (bicyclic) bond motifs is 1. The van der Waals surface area contributed by atoms with Gasteiger partial charge in [0.15, 0.2) is 6.10 Å². The van der Waals surface area contributed by atoms with Gasteiger partial charge in [0.2, 0.25) is 0 Å². The molecule has 1 fully saturated rings. The molecule has 1 saturated carbocycles. The molecule has 1 aliphatic carbocycles. The van der Waals surface area contributed by atoms with Gasteiger partial charge in [-0.05, 0) is 56.2 Å². The molecular weight excluding hydrogens is 359 g/mol. The number of aromatic nitrogens is 1. The summed E-state index contributed by atoms with van der Waals surface area (Å²) in [6.45, 7) is 1.56. The lowest BCUT2D eigenvalue weighted by Crippen LogP contribution is -2.37. The molecule has 4 rings (SSSR count). The second-order valence-electron chi connectivity index (χ2n) is 6.91. The zero-order valence-corrected chi connectivity index (χ0v) is 15.3. The average molecular weight is 378 g/mol. The Bertz CT molecular complexity index is 1050. The number of esters is 1. The van der Waals surface area contributed by atoms with Crippen molar-refractivity contribution < 1.29 is 18.7 Å². The summed E-state index contributed by atoms with van der Waals surface area (Å²) in [7, 11) is 0. The number of hydrogen-bond acceptors (Lipinski definition) is 4. The number of carbonyl (C=O) groups excluding carboxylic acids is 2. The number of amides is 1. The molecule has 0 spiro atoms. The first-order valence-electron chi connectivity index (χ1n) is 9.18. The van der Waals surface area contributed by atoms with Crippen LogP contribution in [0.3, 0.4) is 0 Å². The van der Waals surface area contributed by atoms with Gasteiger partial charge in [0.1, 0.15) is 5.82 Å². The summed E-state index contributed by atoms with van der Waals surface area (Å²) in [6, 6.07) is 14.9. The molecule has 0 saturated heterocycles. The van der Waals surface area contributed by atoms with Crippen molar-refractivity contribution in [3.05, 3.63) is 66.0 Å². The minimum atomic E-state index is -0.894. The van der Waals surface area contributed by atoms with Crippen LogP contribution in [0.15, 0.2) is 54.6 Å². The van der Waals surface area contributed by atoms with Gasteiger partial charge in [-0.2, -0.15) is 0 Å². The number of pyridine rings is 1. The first-order chi connectivity index (χ1) is 13.5. The highest BCUT2D eigenvalue weighted by Crippen LogP contribution is 2.26. The van der Waals surface area contributed by atoms with Crippen molar-refractivity contribution in [1.29, 1.82) is 0 Å². The van der Waals surface area contributed by atoms with Crippen LogP contribution in [0.4, 0.5) is 4.39 Å². The Labute approximate surface area is 161 Å². The maximum Gasteiger partial charge on any atom is 0.339 e. The highest BCUT2D eigenvalue weighted by Gasteiger charge is 2.28. The van der Waals surface area contributed by atoms with Crippen molar-refractivity contribution in [3.63, 3.8) is 0 Å².